The number of anilines is 1. The van der Waals surface area contributed by atoms with Gasteiger partial charge < -0.3 is 11.5 Å². The molecule has 1 aromatic carbocycles. The van der Waals surface area contributed by atoms with Crippen molar-refractivity contribution in [2.75, 3.05) is 5.73 Å². The lowest BCUT2D eigenvalue weighted by atomic mass is 10.2. The van der Waals surface area contributed by atoms with Crippen LogP contribution in [0, 0.1) is 5.82 Å². The van der Waals surface area contributed by atoms with Crippen molar-refractivity contribution < 1.29 is 4.39 Å². The maximum atomic E-state index is 12.6. The minimum absolute atomic E-state index is 0. The summed E-state index contributed by atoms with van der Waals surface area (Å²) in [6.45, 7) is 0.281. The smallest absolute Gasteiger partial charge is 0.146 e. The Morgan fingerprint density at radius 1 is 1.36 bits per heavy atom. The van der Waals surface area contributed by atoms with Gasteiger partial charge in [-0.25, -0.2) is 4.39 Å². The molecule has 0 spiro atoms. The minimum atomic E-state index is -0.400. The van der Waals surface area contributed by atoms with Crippen LogP contribution in [-0.2, 0) is 6.54 Å². The molecule has 0 aliphatic heterocycles. The fraction of sp³-hybridized carbons (Fsp3) is 0.143. The third kappa shape index (κ3) is 2.06. The standard InChI is InChI=1S/C7H9FN2.ClH/c8-6-3-1-2-5(4-9)7(6)10;/h1-3H,4,9-10H2;1H. The molecule has 1 aromatic rings. The zero-order valence-electron chi connectivity index (χ0n) is 5.88. The second kappa shape index (κ2) is 4.16. The molecule has 0 heterocycles. The van der Waals surface area contributed by atoms with Crippen LogP contribution in [0.4, 0.5) is 10.1 Å². The number of hydrogen-bond acceptors (Lipinski definition) is 2. The van der Waals surface area contributed by atoms with Crippen molar-refractivity contribution in [1.29, 1.82) is 0 Å². The summed E-state index contributed by atoms with van der Waals surface area (Å²) in [5.74, 6) is -0.400. The summed E-state index contributed by atoms with van der Waals surface area (Å²) in [7, 11) is 0. The molecule has 4 N–H and O–H groups in total. The number of nitrogens with two attached hydrogens (primary N) is 2. The summed E-state index contributed by atoms with van der Waals surface area (Å²) in [5, 5.41) is 0. The molecule has 62 valence electrons. The number of para-hydroxylation sites is 1. The Hall–Kier alpha value is -0.800. The monoisotopic (exact) mass is 176 g/mol. The van der Waals surface area contributed by atoms with Crippen molar-refractivity contribution in [3.05, 3.63) is 29.6 Å². The Bertz CT molecular complexity index is 240. The predicted octanol–water partition coefficient (Wildman–Crippen LogP) is 1.29. The van der Waals surface area contributed by atoms with Crippen LogP contribution >= 0.6 is 12.4 Å². The van der Waals surface area contributed by atoms with E-state index in [1.54, 1.807) is 12.1 Å². The third-order valence-corrected chi connectivity index (χ3v) is 1.36. The molecule has 0 radical (unpaired) electrons. The molecule has 0 bridgehead atoms. The van der Waals surface area contributed by atoms with E-state index in [0.717, 1.165) is 0 Å². The Kier molecular flexibility index (Phi) is 3.85. The molecule has 0 saturated carbocycles. The second-order valence-corrected chi connectivity index (χ2v) is 2.02. The molecule has 2 nitrogen and oxygen atoms in total. The van der Waals surface area contributed by atoms with Gasteiger partial charge in [-0.2, -0.15) is 0 Å². The molecule has 0 aliphatic rings. The molecular formula is C7H10ClFN2. The van der Waals surface area contributed by atoms with Gasteiger partial charge in [-0.1, -0.05) is 12.1 Å². The van der Waals surface area contributed by atoms with Crippen LogP contribution in [0.5, 0.6) is 0 Å². The normalized spacial score (nSPS) is 8.91. The van der Waals surface area contributed by atoms with E-state index in [4.69, 9.17) is 11.5 Å². The quantitative estimate of drug-likeness (QED) is 0.634. The van der Waals surface area contributed by atoms with Gasteiger partial charge in [0.25, 0.3) is 0 Å². The molecule has 0 amide bonds. The van der Waals surface area contributed by atoms with Crippen LogP contribution in [0.15, 0.2) is 18.2 Å². The maximum Gasteiger partial charge on any atom is 0.146 e. The summed E-state index contributed by atoms with van der Waals surface area (Å²) in [5.41, 5.74) is 11.4. The van der Waals surface area contributed by atoms with Gasteiger partial charge in [0.2, 0.25) is 0 Å². The molecule has 0 aliphatic carbocycles. The fourth-order valence-corrected chi connectivity index (χ4v) is 0.760. The SMILES string of the molecule is Cl.NCc1cccc(F)c1N. The molecule has 0 unspecified atom stereocenters. The first-order valence-corrected chi connectivity index (χ1v) is 2.98. The molecular weight excluding hydrogens is 167 g/mol. The summed E-state index contributed by atoms with van der Waals surface area (Å²) < 4.78 is 12.6. The molecule has 0 atom stereocenters. The Morgan fingerprint density at radius 2 is 2.00 bits per heavy atom. The van der Waals surface area contributed by atoms with Gasteiger partial charge in [-0.15, -0.1) is 12.4 Å². The Morgan fingerprint density at radius 3 is 2.45 bits per heavy atom. The van der Waals surface area contributed by atoms with Crippen LogP contribution in [0.2, 0.25) is 0 Å². The summed E-state index contributed by atoms with van der Waals surface area (Å²) >= 11 is 0. The van der Waals surface area contributed by atoms with E-state index in [0.29, 0.717) is 5.56 Å². The van der Waals surface area contributed by atoms with Gasteiger partial charge in [-0.3, -0.25) is 0 Å². The molecule has 0 saturated heterocycles. The predicted molar refractivity (Wildman–Crippen MR) is 46.0 cm³/mol. The zero-order chi connectivity index (χ0) is 7.56. The first-order valence-electron chi connectivity index (χ1n) is 2.98. The first kappa shape index (κ1) is 10.2. The van der Waals surface area contributed by atoms with Gasteiger partial charge in [0.1, 0.15) is 5.82 Å². The van der Waals surface area contributed by atoms with E-state index in [-0.39, 0.29) is 24.6 Å². The molecule has 0 aromatic heterocycles. The van der Waals surface area contributed by atoms with Gasteiger partial charge in [-0.05, 0) is 11.6 Å². The van der Waals surface area contributed by atoms with E-state index >= 15 is 0 Å². The van der Waals surface area contributed by atoms with Crippen molar-refractivity contribution in [1.82, 2.24) is 0 Å². The Balaban J connectivity index is 0.000001000. The molecule has 0 fully saturated rings. The number of hydrogen-bond donors (Lipinski definition) is 2. The molecule has 11 heavy (non-hydrogen) atoms. The highest BCUT2D eigenvalue weighted by molar-refractivity contribution is 5.85. The van der Waals surface area contributed by atoms with Gasteiger partial charge in [0, 0.05) is 6.54 Å². The van der Waals surface area contributed by atoms with Crippen LogP contribution in [0.25, 0.3) is 0 Å². The van der Waals surface area contributed by atoms with E-state index in [9.17, 15) is 4.39 Å². The maximum absolute atomic E-state index is 12.6. The van der Waals surface area contributed by atoms with E-state index in [1.165, 1.54) is 6.07 Å². The topological polar surface area (TPSA) is 52.0 Å². The first-order chi connectivity index (χ1) is 4.75. The van der Waals surface area contributed by atoms with E-state index < -0.39 is 5.82 Å². The number of benzene rings is 1. The highest BCUT2D eigenvalue weighted by Crippen LogP contribution is 2.14. The van der Waals surface area contributed by atoms with E-state index in [1.807, 2.05) is 0 Å². The van der Waals surface area contributed by atoms with Gasteiger partial charge >= 0.3 is 0 Å². The fourth-order valence-electron chi connectivity index (χ4n) is 0.760. The van der Waals surface area contributed by atoms with Gasteiger partial charge in [0.15, 0.2) is 0 Å². The average molecular weight is 177 g/mol. The van der Waals surface area contributed by atoms with Crippen molar-refractivity contribution in [3.8, 4) is 0 Å². The van der Waals surface area contributed by atoms with Crippen molar-refractivity contribution >= 4 is 18.1 Å². The highest BCUT2D eigenvalue weighted by atomic mass is 35.5. The zero-order valence-corrected chi connectivity index (χ0v) is 6.70. The third-order valence-electron chi connectivity index (χ3n) is 1.36. The lowest BCUT2D eigenvalue weighted by molar-refractivity contribution is 0.630. The molecule has 1 rings (SSSR count). The second-order valence-electron chi connectivity index (χ2n) is 2.02. The van der Waals surface area contributed by atoms with Crippen molar-refractivity contribution in [3.63, 3.8) is 0 Å². The van der Waals surface area contributed by atoms with E-state index in [2.05, 4.69) is 0 Å². The minimum Gasteiger partial charge on any atom is -0.396 e. The van der Waals surface area contributed by atoms with Crippen molar-refractivity contribution in [2.45, 2.75) is 6.54 Å². The van der Waals surface area contributed by atoms with Crippen LogP contribution in [0.3, 0.4) is 0 Å². The van der Waals surface area contributed by atoms with Crippen molar-refractivity contribution in [2.24, 2.45) is 5.73 Å². The van der Waals surface area contributed by atoms with Crippen LogP contribution in [0.1, 0.15) is 5.56 Å². The summed E-state index contributed by atoms with van der Waals surface area (Å²) in [6, 6.07) is 4.61. The summed E-state index contributed by atoms with van der Waals surface area (Å²) in [6.07, 6.45) is 0. The lowest BCUT2D eigenvalue weighted by Crippen LogP contribution is -2.02. The number of rotatable bonds is 1. The largest absolute Gasteiger partial charge is 0.396 e. The van der Waals surface area contributed by atoms with Crippen LogP contribution in [-0.4, -0.2) is 0 Å². The highest BCUT2D eigenvalue weighted by Gasteiger charge is 2.00. The number of halogens is 2. The molecule has 4 heteroatoms. The Labute approximate surface area is 70.8 Å². The average Bonchev–Trinajstić information content (AvgIpc) is 1.95. The lowest BCUT2D eigenvalue weighted by Gasteiger charge is -2.01. The van der Waals surface area contributed by atoms with Crippen LogP contribution < -0.4 is 11.5 Å². The van der Waals surface area contributed by atoms with Gasteiger partial charge in [0.05, 0.1) is 5.69 Å². The number of nitrogen functional groups attached to an aromatic ring is 1. The summed E-state index contributed by atoms with van der Waals surface area (Å²) in [4.78, 5) is 0.